The standard InChI is InChI=1S/C10H13ClN2O4S/c1-7(6-18(2,16)17)12-10-4-3-8(13(14)15)5-9(10)11/h3-5,7,12H,6H2,1-2H3. The van der Waals surface area contributed by atoms with Crippen molar-refractivity contribution < 1.29 is 13.3 Å². The maximum atomic E-state index is 11.1. The van der Waals surface area contributed by atoms with Crippen molar-refractivity contribution in [2.75, 3.05) is 17.3 Å². The first-order chi connectivity index (χ1) is 8.19. The fraction of sp³-hybridized carbons (Fsp3) is 0.400. The minimum Gasteiger partial charge on any atom is -0.380 e. The maximum Gasteiger partial charge on any atom is 0.271 e. The summed E-state index contributed by atoms with van der Waals surface area (Å²) in [5.41, 5.74) is 0.361. The summed E-state index contributed by atoms with van der Waals surface area (Å²) >= 11 is 5.87. The molecular weight excluding hydrogens is 280 g/mol. The van der Waals surface area contributed by atoms with Crippen LogP contribution in [0.1, 0.15) is 6.92 Å². The van der Waals surface area contributed by atoms with Crippen LogP contribution in [0.2, 0.25) is 5.02 Å². The summed E-state index contributed by atoms with van der Waals surface area (Å²) in [6.07, 6.45) is 1.14. The van der Waals surface area contributed by atoms with Crippen molar-refractivity contribution in [1.82, 2.24) is 0 Å². The van der Waals surface area contributed by atoms with E-state index in [0.717, 1.165) is 6.26 Å². The number of benzene rings is 1. The lowest BCUT2D eigenvalue weighted by molar-refractivity contribution is -0.384. The van der Waals surface area contributed by atoms with Crippen LogP contribution in [0.15, 0.2) is 18.2 Å². The summed E-state index contributed by atoms with van der Waals surface area (Å²) in [4.78, 5) is 9.98. The molecule has 0 saturated carbocycles. The number of nitrogens with one attached hydrogen (secondary N) is 1. The van der Waals surface area contributed by atoms with Gasteiger partial charge in [-0.25, -0.2) is 8.42 Å². The molecule has 0 radical (unpaired) electrons. The minimum absolute atomic E-state index is 0.0414. The van der Waals surface area contributed by atoms with Gasteiger partial charge in [-0.3, -0.25) is 10.1 Å². The lowest BCUT2D eigenvalue weighted by Crippen LogP contribution is -2.25. The second kappa shape index (κ2) is 5.53. The van der Waals surface area contributed by atoms with Gasteiger partial charge in [0, 0.05) is 24.4 Å². The summed E-state index contributed by atoms with van der Waals surface area (Å²) in [5, 5.41) is 13.6. The van der Waals surface area contributed by atoms with Gasteiger partial charge in [0.15, 0.2) is 0 Å². The number of nitro groups is 1. The summed E-state index contributed by atoms with van der Waals surface area (Å²) in [6, 6.07) is 3.65. The van der Waals surface area contributed by atoms with E-state index in [0.29, 0.717) is 5.69 Å². The summed E-state index contributed by atoms with van der Waals surface area (Å²) in [6.45, 7) is 1.69. The number of hydrogen-bond acceptors (Lipinski definition) is 5. The molecule has 0 saturated heterocycles. The Morgan fingerprint density at radius 2 is 2.11 bits per heavy atom. The molecule has 0 bridgehead atoms. The highest BCUT2D eigenvalue weighted by Gasteiger charge is 2.14. The van der Waals surface area contributed by atoms with Crippen molar-refractivity contribution in [3.05, 3.63) is 33.3 Å². The normalized spacial score (nSPS) is 13.1. The van der Waals surface area contributed by atoms with E-state index >= 15 is 0 Å². The lowest BCUT2D eigenvalue weighted by Gasteiger charge is -2.15. The number of rotatable bonds is 5. The lowest BCUT2D eigenvalue weighted by atomic mass is 10.2. The Morgan fingerprint density at radius 3 is 2.56 bits per heavy atom. The highest BCUT2D eigenvalue weighted by Crippen LogP contribution is 2.27. The second-order valence-electron chi connectivity index (χ2n) is 4.06. The molecule has 0 amide bonds. The zero-order valence-corrected chi connectivity index (χ0v) is 11.5. The SMILES string of the molecule is CC(CS(C)(=O)=O)Nc1ccc([N+](=O)[O-])cc1Cl. The molecule has 1 aromatic carbocycles. The molecule has 18 heavy (non-hydrogen) atoms. The first-order valence-electron chi connectivity index (χ1n) is 5.07. The highest BCUT2D eigenvalue weighted by atomic mass is 35.5. The van der Waals surface area contributed by atoms with Crippen LogP contribution < -0.4 is 5.32 Å². The van der Waals surface area contributed by atoms with Gasteiger partial charge in [0.25, 0.3) is 5.69 Å². The molecule has 0 fully saturated rings. The van der Waals surface area contributed by atoms with Crippen LogP contribution in [-0.4, -0.2) is 31.4 Å². The second-order valence-corrected chi connectivity index (χ2v) is 6.65. The number of anilines is 1. The topological polar surface area (TPSA) is 89.3 Å². The molecule has 1 aromatic rings. The van der Waals surface area contributed by atoms with Gasteiger partial charge < -0.3 is 5.32 Å². The van der Waals surface area contributed by atoms with Crippen molar-refractivity contribution in [2.45, 2.75) is 13.0 Å². The predicted molar refractivity (Wildman–Crippen MR) is 70.9 cm³/mol. The molecule has 0 aliphatic heterocycles. The molecule has 1 unspecified atom stereocenters. The monoisotopic (exact) mass is 292 g/mol. The molecule has 0 heterocycles. The fourth-order valence-electron chi connectivity index (χ4n) is 1.50. The van der Waals surface area contributed by atoms with Gasteiger partial charge >= 0.3 is 0 Å². The molecule has 8 heteroatoms. The Balaban J connectivity index is 2.83. The average Bonchev–Trinajstić information content (AvgIpc) is 2.17. The number of nitro benzene ring substituents is 1. The molecule has 0 aromatic heterocycles. The smallest absolute Gasteiger partial charge is 0.271 e. The van der Waals surface area contributed by atoms with E-state index in [1.807, 2.05) is 0 Å². The largest absolute Gasteiger partial charge is 0.380 e. The summed E-state index contributed by atoms with van der Waals surface area (Å²) in [7, 11) is -3.09. The predicted octanol–water partition coefficient (Wildman–Crippen LogP) is 2.09. The van der Waals surface area contributed by atoms with Crippen molar-refractivity contribution >= 4 is 32.8 Å². The molecule has 1 rings (SSSR count). The van der Waals surface area contributed by atoms with Crippen LogP contribution in [0.3, 0.4) is 0 Å². The van der Waals surface area contributed by atoms with E-state index in [9.17, 15) is 18.5 Å². The van der Waals surface area contributed by atoms with E-state index in [4.69, 9.17) is 11.6 Å². The third-order valence-electron chi connectivity index (χ3n) is 2.12. The molecule has 0 aliphatic rings. The van der Waals surface area contributed by atoms with Gasteiger partial charge in [-0.05, 0) is 13.0 Å². The van der Waals surface area contributed by atoms with Gasteiger partial charge in [0.2, 0.25) is 0 Å². The van der Waals surface area contributed by atoms with E-state index in [-0.39, 0.29) is 22.5 Å². The molecule has 1 atom stereocenters. The average molecular weight is 293 g/mol. The third kappa shape index (κ3) is 4.50. The Bertz CT molecular complexity index is 559. The first-order valence-corrected chi connectivity index (χ1v) is 7.51. The Kier molecular flexibility index (Phi) is 4.53. The Hall–Kier alpha value is -1.34. The molecule has 0 spiro atoms. The van der Waals surface area contributed by atoms with Crippen LogP contribution >= 0.6 is 11.6 Å². The summed E-state index contributed by atoms with van der Waals surface area (Å²) < 4.78 is 22.2. The number of nitrogens with zero attached hydrogens (tertiary/aromatic N) is 1. The third-order valence-corrected chi connectivity index (χ3v) is 3.54. The van der Waals surface area contributed by atoms with E-state index in [2.05, 4.69) is 5.32 Å². The van der Waals surface area contributed by atoms with Gasteiger partial charge in [0.05, 0.1) is 21.4 Å². The van der Waals surface area contributed by atoms with Crippen molar-refractivity contribution in [3.8, 4) is 0 Å². The number of sulfone groups is 1. The van der Waals surface area contributed by atoms with Crippen LogP contribution in [-0.2, 0) is 9.84 Å². The zero-order valence-electron chi connectivity index (χ0n) is 9.88. The van der Waals surface area contributed by atoms with Gasteiger partial charge in [-0.1, -0.05) is 11.6 Å². The van der Waals surface area contributed by atoms with E-state index in [1.165, 1.54) is 18.2 Å². The van der Waals surface area contributed by atoms with Crippen molar-refractivity contribution in [2.24, 2.45) is 0 Å². The van der Waals surface area contributed by atoms with Crippen LogP contribution in [0.4, 0.5) is 11.4 Å². The molecular formula is C10H13ClN2O4S. The Labute approximate surface area is 110 Å². The van der Waals surface area contributed by atoms with Crippen LogP contribution in [0, 0.1) is 10.1 Å². The molecule has 6 nitrogen and oxygen atoms in total. The van der Waals surface area contributed by atoms with E-state index in [1.54, 1.807) is 6.92 Å². The van der Waals surface area contributed by atoms with Gasteiger partial charge in [0.1, 0.15) is 9.84 Å². The number of non-ortho nitro benzene ring substituents is 1. The fourth-order valence-corrected chi connectivity index (χ4v) is 2.72. The molecule has 0 aliphatic carbocycles. The van der Waals surface area contributed by atoms with Crippen molar-refractivity contribution in [3.63, 3.8) is 0 Å². The number of hydrogen-bond donors (Lipinski definition) is 1. The maximum absolute atomic E-state index is 11.1. The molecule has 1 N–H and O–H groups in total. The zero-order chi connectivity index (χ0) is 13.9. The first kappa shape index (κ1) is 14.7. The molecule has 100 valence electrons. The minimum atomic E-state index is -3.09. The Morgan fingerprint density at radius 1 is 1.50 bits per heavy atom. The van der Waals surface area contributed by atoms with Gasteiger partial charge in [-0.15, -0.1) is 0 Å². The highest BCUT2D eigenvalue weighted by molar-refractivity contribution is 7.90. The van der Waals surface area contributed by atoms with E-state index < -0.39 is 14.8 Å². The summed E-state index contributed by atoms with van der Waals surface area (Å²) in [5.74, 6) is -0.0414. The quantitative estimate of drug-likeness (QED) is 0.663. The van der Waals surface area contributed by atoms with Gasteiger partial charge in [-0.2, -0.15) is 0 Å². The van der Waals surface area contributed by atoms with Crippen LogP contribution in [0.5, 0.6) is 0 Å². The van der Waals surface area contributed by atoms with Crippen LogP contribution in [0.25, 0.3) is 0 Å². The van der Waals surface area contributed by atoms with Crippen molar-refractivity contribution in [1.29, 1.82) is 0 Å². The number of halogens is 1.